The van der Waals surface area contributed by atoms with Crippen LogP contribution < -0.4 is 0 Å². The van der Waals surface area contributed by atoms with Crippen molar-refractivity contribution in [1.29, 1.82) is 0 Å². The number of nitrogens with zero attached hydrogens (tertiary/aromatic N) is 2. The Morgan fingerprint density at radius 3 is 2.78 bits per heavy atom. The van der Waals surface area contributed by atoms with Crippen LogP contribution >= 0.6 is 0 Å². The van der Waals surface area contributed by atoms with Crippen LogP contribution in [-0.4, -0.2) is 22.3 Å². The number of hydrogen-bond donors (Lipinski definition) is 0. The average Bonchev–Trinajstić information content (AvgIpc) is 2.43. The van der Waals surface area contributed by atoms with Crippen molar-refractivity contribution >= 4 is 5.91 Å². The van der Waals surface area contributed by atoms with Gasteiger partial charge < -0.3 is 4.90 Å². The van der Waals surface area contributed by atoms with E-state index in [1.54, 1.807) is 6.20 Å². The van der Waals surface area contributed by atoms with Gasteiger partial charge in [-0.1, -0.05) is 36.4 Å². The number of carbonyl (C=O) groups excluding carboxylic acids is 1. The lowest BCUT2D eigenvalue weighted by Gasteiger charge is -2.27. The lowest BCUT2D eigenvalue weighted by Crippen LogP contribution is -2.37. The summed E-state index contributed by atoms with van der Waals surface area (Å²) < 4.78 is 0. The van der Waals surface area contributed by atoms with Crippen molar-refractivity contribution in [3.63, 3.8) is 0 Å². The predicted molar refractivity (Wildman–Crippen MR) is 69.1 cm³/mol. The van der Waals surface area contributed by atoms with Gasteiger partial charge in [-0.05, 0) is 23.6 Å². The van der Waals surface area contributed by atoms with E-state index in [2.05, 4.69) is 4.98 Å². The molecular weight excluding hydrogens is 224 g/mol. The molecule has 2 heterocycles. The van der Waals surface area contributed by atoms with Crippen LogP contribution in [0.1, 0.15) is 21.6 Å². The lowest BCUT2D eigenvalue weighted by molar-refractivity contribution is 0.0720. The third-order valence-corrected chi connectivity index (χ3v) is 3.25. The molecule has 3 nitrogen and oxygen atoms in total. The third kappa shape index (κ3) is 1.99. The van der Waals surface area contributed by atoms with E-state index < -0.39 is 0 Å². The Balaban J connectivity index is 1.83. The Morgan fingerprint density at radius 2 is 1.94 bits per heavy atom. The zero-order chi connectivity index (χ0) is 12.4. The smallest absolute Gasteiger partial charge is 0.273 e. The molecule has 0 atom stereocenters. The second-order valence-corrected chi connectivity index (χ2v) is 4.47. The molecule has 1 amide bonds. The van der Waals surface area contributed by atoms with Crippen LogP contribution in [0, 0.1) is 0 Å². The molecule has 0 radical (unpaired) electrons. The summed E-state index contributed by atoms with van der Waals surface area (Å²) in [4.78, 5) is 18.4. The van der Waals surface area contributed by atoms with E-state index in [-0.39, 0.29) is 5.91 Å². The predicted octanol–water partition coefficient (Wildman–Crippen LogP) is 2.28. The topological polar surface area (TPSA) is 33.2 Å². The Morgan fingerprint density at radius 1 is 1.11 bits per heavy atom. The quantitative estimate of drug-likeness (QED) is 0.804. The van der Waals surface area contributed by atoms with E-state index in [1.807, 2.05) is 47.4 Å². The number of aromatic nitrogens is 1. The van der Waals surface area contributed by atoms with Gasteiger partial charge in [-0.15, -0.1) is 0 Å². The van der Waals surface area contributed by atoms with Gasteiger partial charge in [-0.25, -0.2) is 0 Å². The summed E-state index contributed by atoms with van der Waals surface area (Å²) in [6.07, 6.45) is 2.57. The third-order valence-electron chi connectivity index (χ3n) is 3.25. The molecule has 0 aliphatic carbocycles. The van der Waals surface area contributed by atoms with Gasteiger partial charge in [-0.3, -0.25) is 9.78 Å². The highest BCUT2D eigenvalue weighted by molar-refractivity contribution is 5.94. The van der Waals surface area contributed by atoms with Gasteiger partial charge in [0.25, 0.3) is 5.91 Å². The van der Waals surface area contributed by atoms with Crippen molar-refractivity contribution in [1.82, 2.24) is 9.88 Å². The highest BCUT2D eigenvalue weighted by atomic mass is 16.2. The van der Waals surface area contributed by atoms with Gasteiger partial charge in [0, 0.05) is 19.3 Å². The largest absolute Gasteiger partial charge is 0.333 e. The zero-order valence-corrected chi connectivity index (χ0v) is 10.0. The first-order valence-electron chi connectivity index (χ1n) is 6.12. The van der Waals surface area contributed by atoms with Crippen LogP contribution in [0.2, 0.25) is 0 Å². The van der Waals surface area contributed by atoms with Crippen molar-refractivity contribution in [3.8, 4) is 0 Å². The van der Waals surface area contributed by atoms with Gasteiger partial charge in [-0.2, -0.15) is 0 Å². The highest BCUT2D eigenvalue weighted by Gasteiger charge is 2.24. The van der Waals surface area contributed by atoms with Gasteiger partial charge >= 0.3 is 0 Å². The van der Waals surface area contributed by atoms with E-state index >= 15 is 0 Å². The maximum atomic E-state index is 12.3. The molecule has 0 N–H and O–H groups in total. The molecule has 1 aliphatic heterocycles. The van der Waals surface area contributed by atoms with Crippen LogP contribution in [0.5, 0.6) is 0 Å². The summed E-state index contributed by atoms with van der Waals surface area (Å²) in [5.74, 6) is 0.0423. The Labute approximate surface area is 106 Å². The van der Waals surface area contributed by atoms with Crippen molar-refractivity contribution in [3.05, 3.63) is 65.5 Å². The second-order valence-electron chi connectivity index (χ2n) is 4.47. The minimum atomic E-state index is 0.0423. The monoisotopic (exact) mass is 238 g/mol. The summed E-state index contributed by atoms with van der Waals surface area (Å²) in [5, 5.41) is 0. The normalized spacial score (nSPS) is 14.4. The summed E-state index contributed by atoms with van der Waals surface area (Å²) in [6.45, 7) is 1.43. The minimum absolute atomic E-state index is 0.0423. The number of hydrogen-bond acceptors (Lipinski definition) is 2. The van der Waals surface area contributed by atoms with Crippen LogP contribution in [0.4, 0.5) is 0 Å². The molecule has 0 fully saturated rings. The van der Waals surface area contributed by atoms with Gasteiger partial charge in [0.2, 0.25) is 0 Å². The van der Waals surface area contributed by atoms with Crippen molar-refractivity contribution in [2.75, 3.05) is 6.54 Å². The van der Waals surface area contributed by atoms with E-state index in [9.17, 15) is 4.79 Å². The fourth-order valence-corrected chi connectivity index (χ4v) is 2.29. The fraction of sp³-hybridized carbons (Fsp3) is 0.200. The summed E-state index contributed by atoms with van der Waals surface area (Å²) in [6, 6.07) is 13.9. The Hall–Kier alpha value is -2.16. The van der Waals surface area contributed by atoms with Gasteiger partial charge in [0.1, 0.15) is 5.69 Å². The molecule has 0 unspecified atom stereocenters. The van der Waals surface area contributed by atoms with Crippen LogP contribution in [-0.2, 0) is 13.0 Å². The van der Waals surface area contributed by atoms with Crippen LogP contribution in [0.3, 0.4) is 0 Å². The summed E-state index contributed by atoms with van der Waals surface area (Å²) in [5.41, 5.74) is 2.83. The first kappa shape index (κ1) is 11.0. The number of carbonyl (C=O) groups is 1. The molecule has 18 heavy (non-hydrogen) atoms. The minimum Gasteiger partial charge on any atom is -0.333 e. The Bertz CT molecular complexity index is 566. The van der Waals surface area contributed by atoms with E-state index in [0.717, 1.165) is 24.1 Å². The molecule has 1 aromatic carbocycles. The molecule has 3 heteroatoms. The highest BCUT2D eigenvalue weighted by Crippen LogP contribution is 2.18. The molecule has 0 saturated heterocycles. The maximum Gasteiger partial charge on any atom is 0.273 e. The fourth-order valence-electron chi connectivity index (χ4n) is 2.29. The number of amides is 1. The first-order chi connectivity index (χ1) is 8.84. The number of pyridine rings is 1. The molecule has 1 aliphatic rings. The number of benzene rings is 1. The standard InChI is InChI=1S/C15H14N2O/c18-15-14-13(7-4-9-16-14)8-10-17(15)11-12-5-2-1-3-6-12/h1-7,9H,8,10-11H2. The molecule has 1 aromatic heterocycles. The van der Waals surface area contributed by atoms with E-state index in [1.165, 1.54) is 0 Å². The van der Waals surface area contributed by atoms with Crippen molar-refractivity contribution < 1.29 is 4.79 Å². The summed E-state index contributed by atoms with van der Waals surface area (Å²) in [7, 11) is 0. The number of rotatable bonds is 2. The summed E-state index contributed by atoms with van der Waals surface area (Å²) >= 11 is 0. The maximum absolute atomic E-state index is 12.3. The Kier molecular flexibility index (Phi) is 2.81. The lowest BCUT2D eigenvalue weighted by atomic mass is 10.0. The van der Waals surface area contributed by atoms with Gasteiger partial charge in [0.15, 0.2) is 0 Å². The second kappa shape index (κ2) is 4.61. The van der Waals surface area contributed by atoms with E-state index in [4.69, 9.17) is 0 Å². The number of fused-ring (bicyclic) bond motifs is 1. The molecular formula is C15H14N2O. The van der Waals surface area contributed by atoms with Crippen molar-refractivity contribution in [2.24, 2.45) is 0 Å². The average molecular weight is 238 g/mol. The first-order valence-corrected chi connectivity index (χ1v) is 6.12. The molecule has 0 saturated carbocycles. The SMILES string of the molecule is O=C1c2ncccc2CCN1Cc1ccccc1. The van der Waals surface area contributed by atoms with Crippen LogP contribution in [0.25, 0.3) is 0 Å². The molecule has 3 rings (SSSR count). The molecule has 0 spiro atoms. The molecule has 2 aromatic rings. The van der Waals surface area contributed by atoms with Crippen LogP contribution in [0.15, 0.2) is 48.7 Å². The molecule has 90 valence electrons. The van der Waals surface area contributed by atoms with Crippen molar-refractivity contribution in [2.45, 2.75) is 13.0 Å². The van der Waals surface area contributed by atoms with Gasteiger partial charge in [0.05, 0.1) is 0 Å². The zero-order valence-electron chi connectivity index (χ0n) is 10.0. The molecule has 0 bridgehead atoms. The van der Waals surface area contributed by atoms with E-state index in [0.29, 0.717) is 12.2 Å².